The number of carbonyl (C=O) groups is 1. The molecule has 0 aliphatic carbocycles. The first-order valence-corrected chi connectivity index (χ1v) is 7.46. The normalized spacial score (nSPS) is 16.8. The molecule has 0 saturated heterocycles. The molecule has 1 aliphatic rings. The van der Waals surface area contributed by atoms with Crippen LogP contribution in [0.2, 0.25) is 0 Å². The van der Waals surface area contributed by atoms with Crippen LogP contribution in [-0.2, 0) is 9.53 Å². The van der Waals surface area contributed by atoms with Gasteiger partial charge in [0.1, 0.15) is 18.3 Å². The van der Waals surface area contributed by atoms with Gasteiger partial charge in [0.05, 0.1) is 13.2 Å². The molecular weight excluding hydrogens is 310 g/mol. The number of nitrogens with zero attached hydrogens (tertiary/aromatic N) is 1. The molecular formula is C14H18BrNO3. The second-order valence-corrected chi connectivity index (χ2v) is 5.26. The van der Waals surface area contributed by atoms with Gasteiger partial charge in [0.2, 0.25) is 5.91 Å². The van der Waals surface area contributed by atoms with Crippen molar-refractivity contribution >= 4 is 21.8 Å². The van der Waals surface area contributed by atoms with Crippen LogP contribution in [0.15, 0.2) is 24.3 Å². The van der Waals surface area contributed by atoms with E-state index in [-0.39, 0.29) is 11.8 Å². The number of ether oxygens (including phenoxy) is 2. The molecule has 1 aromatic rings. The molecule has 1 unspecified atom stereocenters. The highest BCUT2D eigenvalue weighted by Gasteiger charge is 2.31. The van der Waals surface area contributed by atoms with E-state index in [9.17, 15) is 4.79 Å². The van der Waals surface area contributed by atoms with Crippen LogP contribution in [-0.4, -0.2) is 49.6 Å². The Bertz CT molecular complexity index is 438. The topological polar surface area (TPSA) is 38.8 Å². The van der Waals surface area contributed by atoms with Crippen LogP contribution < -0.4 is 4.74 Å². The number of hydrogen-bond donors (Lipinski definition) is 0. The molecule has 1 amide bonds. The monoisotopic (exact) mass is 327 g/mol. The molecule has 0 bridgehead atoms. The van der Waals surface area contributed by atoms with E-state index in [4.69, 9.17) is 9.47 Å². The van der Waals surface area contributed by atoms with Gasteiger partial charge in [-0.2, -0.15) is 0 Å². The van der Waals surface area contributed by atoms with E-state index in [2.05, 4.69) is 15.9 Å². The van der Waals surface area contributed by atoms with Crippen molar-refractivity contribution in [2.24, 2.45) is 0 Å². The number of alkyl halides is 1. The zero-order valence-corrected chi connectivity index (χ0v) is 12.6. The first-order valence-electron chi connectivity index (χ1n) is 6.34. The molecule has 0 spiro atoms. The summed E-state index contributed by atoms with van der Waals surface area (Å²) in [6.07, 6.45) is 0. The maximum Gasteiger partial charge on any atom is 0.233 e. The lowest BCUT2D eigenvalue weighted by Crippen LogP contribution is -2.35. The van der Waals surface area contributed by atoms with Gasteiger partial charge in [0.25, 0.3) is 0 Å². The average molecular weight is 328 g/mol. The number of amides is 1. The van der Waals surface area contributed by atoms with Crippen LogP contribution in [0.1, 0.15) is 11.5 Å². The summed E-state index contributed by atoms with van der Waals surface area (Å²) in [6, 6.07) is 7.72. The first kappa shape index (κ1) is 14.3. The van der Waals surface area contributed by atoms with Crippen LogP contribution in [0.3, 0.4) is 0 Å². The van der Waals surface area contributed by atoms with Gasteiger partial charge in [-0.05, 0) is 6.07 Å². The van der Waals surface area contributed by atoms with Gasteiger partial charge in [-0.1, -0.05) is 34.1 Å². The molecule has 0 saturated carbocycles. The molecule has 1 atom stereocenters. The Morgan fingerprint density at radius 2 is 2.26 bits per heavy atom. The van der Waals surface area contributed by atoms with Gasteiger partial charge in [-0.15, -0.1) is 0 Å². The lowest BCUT2D eigenvalue weighted by molar-refractivity contribution is -0.132. The lowest BCUT2D eigenvalue weighted by Gasteiger charge is -2.20. The standard InChI is InChI=1S/C14H18BrNO3/c1-16(7-9-18-8-6-15)14(17)12-10-19-13-5-3-2-4-11(12)13/h2-5,12H,6-10H2,1H3. The van der Waals surface area contributed by atoms with E-state index in [0.29, 0.717) is 26.4 Å². The second-order valence-electron chi connectivity index (χ2n) is 4.46. The zero-order valence-electron chi connectivity index (χ0n) is 11.0. The fourth-order valence-electron chi connectivity index (χ4n) is 2.10. The lowest BCUT2D eigenvalue weighted by atomic mass is 10.00. The molecule has 19 heavy (non-hydrogen) atoms. The van der Waals surface area contributed by atoms with Crippen LogP contribution in [0.5, 0.6) is 5.75 Å². The number of fused-ring (bicyclic) bond motifs is 1. The number of halogens is 1. The summed E-state index contributed by atoms with van der Waals surface area (Å²) in [5.74, 6) is 0.731. The highest BCUT2D eigenvalue weighted by Crippen LogP contribution is 2.34. The highest BCUT2D eigenvalue weighted by atomic mass is 79.9. The number of hydrogen-bond acceptors (Lipinski definition) is 3. The van der Waals surface area contributed by atoms with Crippen LogP contribution in [0.25, 0.3) is 0 Å². The summed E-state index contributed by atoms with van der Waals surface area (Å²) in [4.78, 5) is 14.1. The zero-order chi connectivity index (χ0) is 13.7. The van der Waals surface area contributed by atoms with Crippen molar-refractivity contribution in [3.05, 3.63) is 29.8 Å². The Hall–Kier alpha value is -1.07. The van der Waals surface area contributed by atoms with Gasteiger partial charge in [-0.3, -0.25) is 4.79 Å². The Kier molecular flexibility index (Phi) is 5.22. The van der Waals surface area contributed by atoms with Crippen molar-refractivity contribution in [1.82, 2.24) is 4.90 Å². The second kappa shape index (κ2) is 6.91. The van der Waals surface area contributed by atoms with E-state index >= 15 is 0 Å². The van der Waals surface area contributed by atoms with E-state index in [0.717, 1.165) is 16.6 Å². The number of para-hydroxylation sites is 1. The summed E-state index contributed by atoms with van der Waals surface area (Å²) in [5, 5.41) is 0.814. The number of rotatable bonds is 6. The molecule has 0 aromatic heterocycles. The van der Waals surface area contributed by atoms with Crippen molar-refractivity contribution in [2.75, 3.05) is 38.7 Å². The Labute approximate surface area is 121 Å². The van der Waals surface area contributed by atoms with E-state index in [1.54, 1.807) is 11.9 Å². The van der Waals surface area contributed by atoms with E-state index < -0.39 is 0 Å². The quantitative estimate of drug-likeness (QED) is 0.592. The minimum absolute atomic E-state index is 0.0902. The minimum atomic E-state index is -0.183. The molecule has 1 aromatic carbocycles. The third-order valence-electron chi connectivity index (χ3n) is 3.17. The molecule has 4 nitrogen and oxygen atoms in total. The van der Waals surface area contributed by atoms with Crippen molar-refractivity contribution in [3.63, 3.8) is 0 Å². The number of likely N-dealkylation sites (N-methyl/N-ethyl adjacent to an activating group) is 1. The molecule has 5 heteroatoms. The summed E-state index contributed by atoms with van der Waals surface area (Å²) in [7, 11) is 1.81. The van der Waals surface area contributed by atoms with Gasteiger partial charge in [-0.25, -0.2) is 0 Å². The maximum absolute atomic E-state index is 12.4. The molecule has 0 radical (unpaired) electrons. The minimum Gasteiger partial charge on any atom is -0.492 e. The fourth-order valence-corrected chi connectivity index (χ4v) is 2.33. The number of carbonyl (C=O) groups excluding carboxylic acids is 1. The van der Waals surface area contributed by atoms with E-state index in [1.807, 2.05) is 24.3 Å². The Morgan fingerprint density at radius 3 is 3.05 bits per heavy atom. The Balaban J connectivity index is 1.90. The average Bonchev–Trinajstić information content (AvgIpc) is 2.86. The molecule has 1 aliphatic heterocycles. The predicted octanol–water partition coefficient (Wildman–Crippen LogP) is 2.03. The van der Waals surface area contributed by atoms with Crippen LogP contribution >= 0.6 is 15.9 Å². The van der Waals surface area contributed by atoms with Crippen molar-refractivity contribution in [3.8, 4) is 5.75 Å². The summed E-state index contributed by atoms with van der Waals surface area (Å²) < 4.78 is 10.9. The fraction of sp³-hybridized carbons (Fsp3) is 0.500. The predicted molar refractivity (Wildman–Crippen MR) is 76.9 cm³/mol. The third kappa shape index (κ3) is 3.48. The Morgan fingerprint density at radius 1 is 1.47 bits per heavy atom. The van der Waals surface area contributed by atoms with Crippen LogP contribution in [0, 0.1) is 0 Å². The molecule has 104 valence electrons. The molecule has 0 fully saturated rings. The molecule has 0 N–H and O–H groups in total. The summed E-state index contributed by atoms with van der Waals surface area (Å²) in [6.45, 7) is 2.26. The van der Waals surface area contributed by atoms with Gasteiger partial charge in [0.15, 0.2) is 0 Å². The smallest absolute Gasteiger partial charge is 0.233 e. The van der Waals surface area contributed by atoms with Gasteiger partial charge < -0.3 is 14.4 Å². The van der Waals surface area contributed by atoms with Gasteiger partial charge >= 0.3 is 0 Å². The first-order chi connectivity index (χ1) is 9.24. The van der Waals surface area contributed by atoms with Gasteiger partial charge in [0, 0.05) is 24.5 Å². The van der Waals surface area contributed by atoms with Crippen LogP contribution in [0.4, 0.5) is 0 Å². The SMILES string of the molecule is CN(CCOCCBr)C(=O)C1COc2ccccc21. The van der Waals surface area contributed by atoms with Crippen molar-refractivity contribution in [2.45, 2.75) is 5.92 Å². The largest absolute Gasteiger partial charge is 0.492 e. The summed E-state index contributed by atoms with van der Waals surface area (Å²) in [5.41, 5.74) is 0.987. The maximum atomic E-state index is 12.4. The highest BCUT2D eigenvalue weighted by molar-refractivity contribution is 9.09. The molecule has 2 rings (SSSR count). The third-order valence-corrected chi connectivity index (χ3v) is 3.49. The number of benzene rings is 1. The van der Waals surface area contributed by atoms with E-state index in [1.165, 1.54) is 0 Å². The summed E-state index contributed by atoms with van der Waals surface area (Å²) >= 11 is 3.30. The van der Waals surface area contributed by atoms with Crippen molar-refractivity contribution in [1.29, 1.82) is 0 Å². The molecule has 1 heterocycles. The van der Waals surface area contributed by atoms with Crippen molar-refractivity contribution < 1.29 is 14.3 Å².